The van der Waals surface area contributed by atoms with E-state index in [1.54, 1.807) is 39.8 Å². The summed E-state index contributed by atoms with van der Waals surface area (Å²) in [6.45, 7) is 8.88. The molecule has 2 fully saturated rings. The molecule has 0 bridgehead atoms. The summed E-state index contributed by atoms with van der Waals surface area (Å²) in [4.78, 5) is 27.1. The van der Waals surface area contributed by atoms with Gasteiger partial charge < -0.3 is 29.2 Å². The van der Waals surface area contributed by atoms with Crippen molar-refractivity contribution in [2.45, 2.75) is 18.9 Å². The fourth-order valence-corrected chi connectivity index (χ4v) is 7.75. The van der Waals surface area contributed by atoms with Crippen LogP contribution in [0.1, 0.15) is 12.8 Å². The van der Waals surface area contributed by atoms with E-state index in [1.807, 2.05) is 34.9 Å². The van der Waals surface area contributed by atoms with Gasteiger partial charge in [-0.25, -0.2) is 4.98 Å². The Hall–Kier alpha value is -4.55. The van der Waals surface area contributed by atoms with Crippen molar-refractivity contribution in [3.05, 3.63) is 71.6 Å². The molecule has 0 radical (unpaired) electrons. The number of carbonyl (C=O) groups is 1. The highest BCUT2D eigenvalue weighted by molar-refractivity contribution is 6.41. The second-order valence-corrected chi connectivity index (χ2v) is 13.0. The Morgan fingerprint density at radius 1 is 0.920 bits per heavy atom. The molecule has 2 aliphatic heterocycles. The van der Waals surface area contributed by atoms with E-state index in [2.05, 4.69) is 26.7 Å². The Bertz CT molecular complexity index is 2060. The van der Waals surface area contributed by atoms with Crippen LogP contribution in [0.4, 0.5) is 11.4 Å². The zero-order valence-electron chi connectivity index (χ0n) is 28.2. The van der Waals surface area contributed by atoms with Crippen LogP contribution in [0.5, 0.6) is 17.2 Å². The molecule has 260 valence electrons. The number of nitrogens with zero attached hydrogens (tertiary/aromatic N) is 5. The molecule has 2 aliphatic rings. The highest BCUT2D eigenvalue weighted by Gasteiger charge is 2.28. The van der Waals surface area contributed by atoms with E-state index in [0.29, 0.717) is 61.5 Å². The number of pyridine rings is 2. The van der Waals surface area contributed by atoms with Crippen molar-refractivity contribution in [1.82, 2.24) is 19.3 Å². The summed E-state index contributed by atoms with van der Waals surface area (Å²) in [7, 11) is 4.73. The maximum atomic E-state index is 12.7. The smallest absolute Gasteiger partial charge is 0.247 e. The quantitative estimate of drug-likeness (QED) is 0.162. The Balaban J connectivity index is 1.30. The molecule has 50 heavy (non-hydrogen) atoms. The summed E-state index contributed by atoms with van der Waals surface area (Å²) in [5.74, 6) is 1.20. The molecule has 0 spiro atoms. The van der Waals surface area contributed by atoms with Crippen molar-refractivity contribution in [2.24, 2.45) is 0 Å². The fraction of sp³-hybridized carbons (Fsp3) is 0.324. The number of halogens is 2. The zero-order chi connectivity index (χ0) is 34.9. The number of morpholine rings is 1. The molecule has 1 N–H and O–H groups in total. The number of rotatable bonds is 9. The van der Waals surface area contributed by atoms with Crippen LogP contribution < -0.4 is 24.4 Å². The first-order valence-electron chi connectivity index (χ1n) is 16.4. The van der Waals surface area contributed by atoms with Crippen molar-refractivity contribution in [2.75, 3.05) is 70.9 Å². The van der Waals surface area contributed by atoms with Crippen LogP contribution in [0.2, 0.25) is 10.0 Å². The predicted octanol–water partition coefficient (Wildman–Crippen LogP) is 6.97. The molecule has 11 nitrogen and oxygen atoms in total. The van der Waals surface area contributed by atoms with Gasteiger partial charge in [0, 0.05) is 85.0 Å². The van der Waals surface area contributed by atoms with Crippen molar-refractivity contribution < 1.29 is 23.7 Å². The summed E-state index contributed by atoms with van der Waals surface area (Å²) in [5, 5.41) is 4.55. The molecule has 5 heterocycles. The number of ether oxygens (including phenoxy) is 4. The monoisotopic (exact) mass is 716 g/mol. The highest BCUT2D eigenvalue weighted by atomic mass is 35.5. The van der Waals surface area contributed by atoms with Crippen LogP contribution >= 0.6 is 23.2 Å². The van der Waals surface area contributed by atoms with Gasteiger partial charge in [-0.1, -0.05) is 29.8 Å². The number of hydrogen-bond donors (Lipinski definition) is 1. The highest BCUT2D eigenvalue weighted by Crippen LogP contribution is 2.48. The van der Waals surface area contributed by atoms with Crippen molar-refractivity contribution in [1.29, 1.82) is 0 Å². The van der Waals surface area contributed by atoms with Gasteiger partial charge in [0.15, 0.2) is 0 Å². The van der Waals surface area contributed by atoms with Gasteiger partial charge in [0.2, 0.25) is 5.91 Å². The lowest BCUT2D eigenvalue weighted by Gasteiger charge is -2.41. The maximum Gasteiger partial charge on any atom is 0.247 e. The van der Waals surface area contributed by atoms with Crippen LogP contribution in [-0.2, 0) is 9.53 Å². The van der Waals surface area contributed by atoms with Crippen molar-refractivity contribution >= 4 is 57.0 Å². The average molecular weight is 718 g/mol. The van der Waals surface area contributed by atoms with Crippen LogP contribution in [0, 0.1) is 0 Å². The molecule has 2 saturated heterocycles. The number of benzene rings is 2. The van der Waals surface area contributed by atoms with Crippen LogP contribution in [0.15, 0.2) is 61.6 Å². The van der Waals surface area contributed by atoms with Crippen molar-refractivity contribution in [3.8, 4) is 39.6 Å². The van der Waals surface area contributed by atoms with Gasteiger partial charge >= 0.3 is 0 Å². The topological polar surface area (TPSA) is 103 Å². The number of piperidine rings is 1. The van der Waals surface area contributed by atoms with Gasteiger partial charge in [-0.2, -0.15) is 0 Å². The zero-order valence-corrected chi connectivity index (χ0v) is 29.7. The molecule has 2 aromatic carbocycles. The SMILES string of the molecule is C=CC(=O)Nc1cc(-c2cc3c(cn2)cc(-c2c(Cl)c(OC)cc(OC)c2Cl)c2nccn23)c(OC)cc1N1CCC(N2CCOCC2)CC1. The van der Waals surface area contributed by atoms with Crippen LogP contribution in [0.3, 0.4) is 0 Å². The fourth-order valence-electron chi connectivity index (χ4n) is 7.04. The Morgan fingerprint density at radius 3 is 2.28 bits per heavy atom. The lowest BCUT2D eigenvalue weighted by atomic mass is 10.00. The molecule has 3 aromatic heterocycles. The van der Waals surface area contributed by atoms with Crippen LogP contribution in [-0.4, -0.2) is 91.9 Å². The minimum absolute atomic E-state index is 0.295. The number of aromatic nitrogens is 3. The molecular formula is C37H38Cl2N6O5. The second kappa shape index (κ2) is 14.4. The Labute approximate surface area is 300 Å². The van der Waals surface area contributed by atoms with E-state index in [-0.39, 0.29) is 5.91 Å². The number of nitrogens with one attached hydrogen (secondary N) is 1. The molecule has 13 heteroatoms. The number of amides is 1. The van der Waals surface area contributed by atoms with E-state index in [1.165, 1.54) is 6.08 Å². The minimum Gasteiger partial charge on any atom is -0.496 e. The van der Waals surface area contributed by atoms with E-state index in [0.717, 1.165) is 74.4 Å². The summed E-state index contributed by atoms with van der Waals surface area (Å²) in [5.41, 5.74) is 5.66. The molecule has 5 aromatic rings. The van der Waals surface area contributed by atoms with E-state index < -0.39 is 0 Å². The average Bonchev–Trinajstić information content (AvgIpc) is 3.66. The molecule has 7 rings (SSSR count). The number of anilines is 2. The van der Waals surface area contributed by atoms with E-state index >= 15 is 0 Å². The first kappa shape index (κ1) is 33.9. The number of fused-ring (bicyclic) bond motifs is 3. The predicted molar refractivity (Wildman–Crippen MR) is 197 cm³/mol. The minimum atomic E-state index is -0.295. The molecular weight excluding hydrogens is 679 g/mol. The summed E-state index contributed by atoms with van der Waals surface area (Å²) in [6.07, 6.45) is 8.70. The third-order valence-electron chi connectivity index (χ3n) is 9.60. The molecule has 0 aliphatic carbocycles. The summed E-state index contributed by atoms with van der Waals surface area (Å²) >= 11 is 13.7. The summed E-state index contributed by atoms with van der Waals surface area (Å²) in [6, 6.07) is 10.0. The molecule has 1 amide bonds. The lowest BCUT2D eigenvalue weighted by molar-refractivity contribution is -0.111. The number of hydrogen-bond acceptors (Lipinski definition) is 9. The van der Waals surface area contributed by atoms with Gasteiger partial charge in [-0.3, -0.25) is 19.1 Å². The molecule has 0 saturated carbocycles. The standard InChI is InChI=1S/C37H38Cl2N6O5/c1-5-33(46)42-27-17-24(30(47-2)19-29(27)44-9-6-23(7-10-44)43-12-14-50-15-13-43)26-18-28-22(21-41-26)16-25(37-40-8-11-45(28)37)34-35(38)31(48-3)20-32(49-4)36(34)39/h5,8,11,16-21,23H,1,6-7,9-10,12-15H2,2-4H3,(H,42,46). The van der Waals surface area contributed by atoms with Gasteiger partial charge in [0.05, 0.1) is 67.2 Å². The van der Waals surface area contributed by atoms with Gasteiger partial charge in [0.1, 0.15) is 22.9 Å². The number of methoxy groups -OCH3 is 3. The van der Waals surface area contributed by atoms with Crippen molar-refractivity contribution in [3.63, 3.8) is 0 Å². The summed E-state index contributed by atoms with van der Waals surface area (Å²) < 4.78 is 24.6. The Morgan fingerprint density at radius 2 is 1.62 bits per heavy atom. The van der Waals surface area contributed by atoms with Gasteiger partial charge in [-0.05, 0) is 37.1 Å². The van der Waals surface area contributed by atoms with Gasteiger partial charge in [0.25, 0.3) is 0 Å². The first-order chi connectivity index (χ1) is 24.3. The Kier molecular flexibility index (Phi) is 9.74. The largest absolute Gasteiger partial charge is 0.496 e. The number of carbonyl (C=O) groups excluding carboxylic acids is 1. The van der Waals surface area contributed by atoms with E-state index in [9.17, 15) is 4.79 Å². The van der Waals surface area contributed by atoms with E-state index in [4.69, 9.17) is 47.1 Å². The van der Waals surface area contributed by atoms with Crippen LogP contribution in [0.25, 0.3) is 38.9 Å². The number of imidazole rings is 1. The molecule has 0 unspecified atom stereocenters. The maximum absolute atomic E-state index is 12.7. The third kappa shape index (κ3) is 6.19. The normalized spacial score (nSPS) is 15.7. The second-order valence-electron chi connectivity index (χ2n) is 12.2. The lowest BCUT2D eigenvalue weighted by Crippen LogP contribution is -2.49. The third-order valence-corrected chi connectivity index (χ3v) is 10.4. The molecule has 0 atom stereocenters. The first-order valence-corrected chi connectivity index (χ1v) is 17.2. The van der Waals surface area contributed by atoms with Gasteiger partial charge in [-0.15, -0.1) is 0 Å².